The number of quaternary nitrogens is 3. The lowest BCUT2D eigenvalue weighted by Gasteiger charge is -2.41. The predicted octanol–water partition coefficient (Wildman–Crippen LogP) is 3.02. The van der Waals surface area contributed by atoms with Crippen LogP contribution in [-0.4, -0.2) is 87.6 Å². The molecule has 0 heterocycles. The van der Waals surface area contributed by atoms with E-state index >= 15 is 0 Å². The second-order valence-corrected chi connectivity index (χ2v) is 7.21. The number of rotatable bonds is 8. The van der Waals surface area contributed by atoms with Crippen LogP contribution < -0.4 is 0 Å². The quantitative estimate of drug-likeness (QED) is 0.476. The normalized spacial score (nSPS) is 12.9. The summed E-state index contributed by atoms with van der Waals surface area (Å²) in [5.41, 5.74) is 0. The molecule has 20 heavy (non-hydrogen) atoms. The van der Waals surface area contributed by atoms with Crippen molar-refractivity contribution in [2.45, 2.75) is 41.5 Å². The largest absolute Gasteiger partial charge is 0.329 e. The molecule has 0 aromatic carbocycles. The van der Waals surface area contributed by atoms with E-state index in [9.17, 15) is 0 Å². The Kier molecular flexibility index (Phi) is 10.8. The average molecular weight is 291 g/mol. The van der Waals surface area contributed by atoms with E-state index in [2.05, 4.69) is 69.7 Å². The molecule has 0 saturated heterocycles. The molecule has 0 aliphatic carbocycles. The summed E-state index contributed by atoms with van der Waals surface area (Å²) in [6.07, 6.45) is 0. The van der Waals surface area contributed by atoms with Crippen molar-refractivity contribution in [3.63, 3.8) is 0 Å². The van der Waals surface area contributed by atoms with E-state index in [0.717, 1.165) is 4.48 Å². The van der Waals surface area contributed by atoms with Gasteiger partial charge < -0.3 is 4.48 Å². The Morgan fingerprint density at radius 2 is 0.700 bits per heavy atom. The van der Waals surface area contributed by atoms with Crippen LogP contribution in [0.1, 0.15) is 41.5 Å². The van der Waals surface area contributed by atoms with Crippen LogP contribution in [0, 0.1) is 0 Å². The first-order valence-corrected chi connectivity index (χ1v) is 8.56. The molecule has 0 aliphatic rings. The first-order chi connectivity index (χ1) is 9.07. The van der Waals surface area contributed by atoms with E-state index < -0.39 is 0 Å². The van der Waals surface area contributed by atoms with Crippen LogP contribution >= 0.6 is 0 Å². The predicted molar refractivity (Wildman–Crippen MR) is 92.6 cm³/mol. The fourth-order valence-corrected chi connectivity index (χ4v) is 1.90. The van der Waals surface area contributed by atoms with Gasteiger partial charge in [0.05, 0.1) is 67.5 Å². The van der Waals surface area contributed by atoms with E-state index in [1.807, 2.05) is 0 Å². The molecule has 0 N–H and O–H groups in total. The first kappa shape index (κ1) is 22.2. The molecular formula is C17H44N3+3. The summed E-state index contributed by atoms with van der Waals surface area (Å²) >= 11 is 0. The monoisotopic (exact) mass is 290 g/mol. The van der Waals surface area contributed by atoms with Gasteiger partial charge in [-0.2, -0.15) is 0 Å². The topological polar surface area (TPSA) is 0 Å². The van der Waals surface area contributed by atoms with Crippen molar-refractivity contribution in [1.82, 2.24) is 0 Å². The van der Waals surface area contributed by atoms with E-state index in [1.165, 1.54) is 54.9 Å². The van der Waals surface area contributed by atoms with Gasteiger partial charge in [0.25, 0.3) is 0 Å². The molecule has 3 heteroatoms. The first-order valence-electron chi connectivity index (χ1n) is 8.56. The number of hydrogen-bond acceptors (Lipinski definition) is 0. The summed E-state index contributed by atoms with van der Waals surface area (Å²) in [6, 6.07) is 0. The van der Waals surface area contributed by atoms with Crippen molar-refractivity contribution in [2.75, 3.05) is 74.1 Å². The van der Waals surface area contributed by atoms with E-state index in [1.54, 1.807) is 0 Å². The molecule has 3 nitrogen and oxygen atoms in total. The van der Waals surface area contributed by atoms with Gasteiger partial charge in [0.15, 0.2) is 0 Å². The van der Waals surface area contributed by atoms with Gasteiger partial charge in [-0.15, -0.1) is 0 Å². The van der Waals surface area contributed by atoms with Gasteiger partial charge in [-0.05, 0) is 41.5 Å². The fraction of sp³-hybridized carbons (Fsp3) is 1.00. The molecule has 0 fully saturated rings. The van der Waals surface area contributed by atoms with E-state index in [0.29, 0.717) is 0 Å². The third-order valence-electron chi connectivity index (χ3n) is 5.45. The van der Waals surface area contributed by atoms with Gasteiger partial charge in [-0.1, -0.05) is 0 Å². The van der Waals surface area contributed by atoms with Gasteiger partial charge in [0, 0.05) is 0 Å². The minimum Gasteiger partial charge on any atom is -0.329 e. The second-order valence-electron chi connectivity index (χ2n) is 7.21. The van der Waals surface area contributed by atoms with Crippen molar-refractivity contribution in [3.8, 4) is 0 Å². The van der Waals surface area contributed by atoms with Crippen LogP contribution in [-0.2, 0) is 0 Å². The molecular weight excluding hydrogens is 246 g/mol. The Morgan fingerprint density at radius 3 is 0.800 bits per heavy atom. The Morgan fingerprint density at radius 1 is 0.450 bits per heavy atom. The van der Waals surface area contributed by atoms with Crippen molar-refractivity contribution in [2.24, 2.45) is 0 Å². The third-order valence-corrected chi connectivity index (χ3v) is 5.45. The standard InChI is InChI=1S/C11H28N2.C6H16N/c1-7-12(5,8-2)11-13(6,9-3)10-4;1-5-7(3,4)6-2/h7-11H2,1-6H3;5-6H2,1-4H3/q+2;+1. The summed E-state index contributed by atoms with van der Waals surface area (Å²) in [5, 5.41) is 0. The van der Waals surface area contributed by atoms with E-state index in [4.69, 9.17) is 0 Å². The van der Waals surface area contributed by atoms with Crippen molar-refractivity contribution >= 4 is 0 Å². The SMILES string of the molecule is CC[N+](C)(C)CC.CC[N+](C)(CC)C[N+](C)(CC)CC. The fourth-order valence-electron chi connectivity index (χ4n) is 1.90. The second kappa shape index (κ2) is 9.75. The molecule has 0 saturated carbocycles. The molecule has 0 amide bonds. The molecule has 0 aliphatic heterocycles. The van der Waals surface area contributed by atoms with Crippen LogP contribution in [0.2, 0.25) is 0 Å². The van der Waals surface area contributed by atoms with Gasteiger partial charge >= 0.3 is 0 Å². The van der Waals surface area contributed by atoms with Crippen LogP contribution in [0.25, 0.3) is 0 Å². The summed E-state index contributed by atoms with van der Waals surface area (Å²) < 4.78 is 3.52. The lowest BCUT2D eigenvalue weighted by atomic mass is 10.3. The number of nitrogens with zero attached hydrogens (tertiary/aromatic N) is 3. The summed E-state index contributed by atoms with van der Waals surface area (Å²) in [5.74, 6) is 0. The van der Waals surface area contributed by atoms with Crippen molar-refractivity contribution in [1.29, 1.82) is 0 Å². The zero-order valence-corrected chi connectivity index (χ0v) is 16.3. The summed E-state index contributed by atoms with van der Waals surface area (Å²) in [6.45, 7) is 22.3. The molecule has 0 spiro atoms. The third kappa shape index (κ3) is 8.93. The smallest absolute Gasteiger partial charge is 0.207 e. The minimum absolute atomic E-state index is 1.14. The maximum atomic E-state index is 2.36. The maximum absolute atomic E-state index is 2.36. The van der Waals surface area contributed by atoms with Crippen molar-refractivity contribution in [3.05, 3.63) is 0 Å². The molecule has 0 radical (unpaired) electrons. The Labute approximate surface area is 129 Å². The summed E-state index contributed by atoms with van der Waals surface area (Å²) in [4.78, 5) is 0. The van der Waals surface area contributed by atoms with Gasteiger partial charge in [-0.3, -0.25) is 8.97 Å². The molecule has 0 unspecified atom stereocenters. The van der Waals surface area contributed by atoms with Gasteiger partial charge in [-0.25, -0.2) is 0 Å². The Balaban J connectivity index is 0. The van der Waals surface area contributed by atoms with Crippen LogP contribution in [0.5, 0.6) is 0 Å². The molecule has 0 bridgehead atoms. The Bertz CT molecular complexity index is 206. The van der Waals surface area contributed by atoms with Gasteiger partial charge in [0.2, 0.25) is 6.67 Å². The molecule has 124 valence electrons. The molecule has 0 atom stereocenters. The van der Waals surface area contributed by atoms with Crippen LogP contribution in [0.4, 0.5) is 0 Å². The molecule has 0 aromatic rings. The van der Waals surface area contributed by atoms with E-state index in [-0.39, 0.29) is 0 Å². The highest BCUT2D eigenvalue weighted by atomic mass is 15.5. The molecule has 0 aromatic heterocycles. The lowest BCUT2D eigenvalue weighted by molar-refractivity contribution is -1.08. The Hall–Kier alpha value is -0.120. The van der Waals surface area contributed by atoms with Crippen LogP contribution in [0.3, 0.4) is 0 Å². The number of hydrogen-bond donors (Lipinski definition) is 0. The zero-order valence-electron chi connectivity index (χ0n) is 16.3. The minimum atomic E-state index is 1.14. The van der Waals surface area contributed by atoms with Crippen LogP contribution in [0.15, 0.2) is 0 Å². The highest BCUT2D eigenvalue weighted by Gasteiger charge is 2.28. The molecule has 0 rings (SSSR count). The zero-order chi connectivity index (χ0) is 16.4. The highest BCUT2D eigenvalue weighted by Crippen LogP contribution is 2.10. The lowest BCUT2D eigenvalue weighted by Crippen LogP contribution is -2.59. The highest BCUT2D eigenvalue weighted by molar-refractivity contribution is 4.29. The van der Waals surface area contributed by atoms with Gasteiger partial charge in [0.1, 0.15) is 0 Å². The maximum Gasteiger partial charge on any atom is 0.207 e. The van der Waals surface area contributed by atoms with Crippen molar-refractivity contribution < 1.29 is 13.4 Å². The average Bonchev–Trinajstić information content (AvgIpc) is 2.47. The summed E-state index contributed by atoms with van der Waals surface area (Å²) in [7, 11) is 9.20.